The van der Waals surface area contributed by atoms with Gasteiger partial charge in [-0.25, -0.2) is 9.59 Å². The number of aliphatic hydroxyl groups excluding tert-OH is 1. The third-order valence-electron chi connectivity index (χ3n) is 12.2. The molecule has 13 atom stereocenters. The first-order valence-electron chi connectivity index (χ1n) is 20.7. The quantitative estimate of drug-likeness (QED) is 0.178. The molecular formula is C44H61N5O11. The van der Waals surface area contributed by atoms with Gasteiger partial charge in [-0.3, -0.25) is 24.4 Å². The number of fused-ring (bicyclic) bond motifs is 1. The lowest BCUT2D eigenvalue weighted by molar-refractivity contribution is -0.292. The molecule has 328 valence electrons. The van der Waals surface area contributed by atoms with Crippen LogP contribution in [0.4, 0.5) is 9.59 Å². The number of cyclic esters (lactones) is 1. The van der Waals surface area contributed by atoms with Crippen molar-refractivity contribution in [1.29, 1.82) is 0 Å². The molecule has 5 rings (SSSR count). The number of carbonyl (C=O) groups excluding carboxylic acids is 5. The summed E-state index contributed by atoms with van der Waals surface area (Å²) in [5.74, 6) is -5.97. The Morgan fingerprint density at radius 2 is 1.73 bits per heavy atom. The summed E-state index contributed by atoms with van der Waals surface area (Å²) in [6, 6.07) is 6.35. The van der Waals surface area contributed by atoms with Crippen molar-refractivity contribution in [1.82, 2.24) is 25.5 Å². The number of rotatable bonds is 9. The number of hydrogen-bond donors (Lipinski definition) is 3. The molecule has 3 aliphatic heterocycles. The van der Waals surface area contributed by atoms with Crippen molar-refractivity contribution in [3.63, 3.8) is 0 Å². The molecule has 0 bridgehead atoms. The van der Waals surface area contributed by atoms with E-state index in [2.05, 4.69) is 20.6 Å². The van der Waals surface area contributed by atoms with Crippen LogP contribution < -0.4 is 10.6 Å². The van der Waals surface area contributed by atoms with Crippen molar-refractivity contribution in [2.45, 2.75) is 129 Å². The molecule has 2 aromatic rings. The molecule has 3 saturated heterocycles. The van der Waals surface area contributed by atoms with E-state index < -0.39 is 89.5 Å². The fourth-order valence-electron chi connectivity index (χ4n) is 8.88. The lowest BCUT2D eigenvalue weighted by Gasteiger charge is -2.47. The predicted octanol–water partition coefficient (Wildman–Crippen LogP) is 4.73. The molecule has 1 aromatic carbocycles. The number of aliphatic hydroxyl groups is 1. The third kappa shape index (κ3) is 10.2. The second-order valence-electron chi connectivity index (χ2n) is 17.1. The summed E-state index contributed by atoms with van der Waals surface area (Å²) < 4.78 is 30.7. The van der Waals surface area contributed by atoms with Gasteiger partial charge in [0.05, 0.1) is 24.0 Å². The number of ketones is 2. The minimum atomic E-state index is -1.75. The van der Waals surface area contributed by atoms with Crippen molar-refractivity contribution in [2.75, 3.05) is 20.6 Å². The topological polar surface area (TPSA) is 205 Å². The lowest BCUT2D eigenvalue weighted by atomic mass is 9.73. The van der Waals surface area contributed by atoms with Gasteiger partial charge in [0.25, 0.3) is 0 Å². The van der Waals surface area contributed by atoms with E-state index in [4.69, 9.17) is 23.7 Å². The van der Waals surface area contributed by atoms with Crippen LogP contribution in [0.3, 0.4) is 0 Å². The summed E-state index contributed by atoms with van der Waals surface area (Å²) >= 11 is 0. The number of esters is 1. The zero-order chi connectivity index (χ0) is 44.1. The number of nitrogens with zero attached hydrogens (tertiary/aromatic N) is 3. The molecule has 4 heterocycles. The Labute approximate surface area is 352 Å². The van der Waals surface area contributed by atoms with Gasteiger partial charge in [-0.05, 0) is 66.6 Å². The molecule has 0 radical (unpaired) electrons. The summed E-state index contributed by atoms with van der Waals surface area (Å²) in [5, 5.41) is 17.1. The van der Waals surface area contributed by atoms with Crippen molar-refractivity contribution < 1.29 is 52.8 Å². The first-order valence-corrected chi connectivity index (χ1v) is 20.7. The smallest absolute Gasteiger partial charge is 0.408 e. The predicted molar refractivity (Wildman–Crippen MR) is 220 cm³/mol. The highest BCUT2D eigenvalue weighted by Crippen LogP contribution is 2.40. The minimum absolute atomic E-state index is 0.0558. The fourth-order valence-corrected chi connectivity index (χ4v) is 8.88. The zero-order valence-electron chi connectivity index (χ0n) is 36.2. The number of aromatic nitrogens is 2. The van der Waals surface area contributed by atoms with E-state index in [0.717, 1.165) is 16.8 Å². The average Bonchev–Trinajstić information content (AvgIpc) is 3.53. The van der Waals surface area contributed by atoms with Crippen LogP contribution in [0.1, 0.15) is 80.2 Å². The largest absolute Gasteiger partial charge is 0.458 e. The summed E-state index contributed by atoms with van der Waals surface area (Å²) in [5.41, 5.74) is -0.687. The number of amides is 2. The molecule has 3 N–H and O–H groups in total. The van der Waals surface area contributed by atoms with Gasteiger partial charge in [-0.2, -0.15) is 0 Å². The van der Waals surface area contributed by atoms with E-state index in [9.17, 15) is 29.1 Å². The maximum atomic E-state index is 14.4. The highest BCUT2D eigenvalue weighted by atomic mass is 16.7. The van der Waals surface area contributed by atoms with Crippen LogP contribution in [-0.4, -0.2) is 124 Å². The molecular weight excluding hydrogens is 775 g/mol. The van der Waals surface area contributed by atoms with Crippen molar-refractivity contribution in [3.8, 4) is 11.3 Å². The molecule has 60 heavy (non-hydrogen) atoms. The lowest BCUT2D eigenvalue weighted by Crippen LogP contribution is -2.60. The van der Waals surface area contributed by atoms with Gasteiger partial charge >= 0.3 is 18.2 Å². The molecule has 16 nitrogen and oxygen atoms in total. The van der Waals surface area contributed by atoms with Crippen LogP contribution in [-0.2, 0) is 38.1 Å². The number of nitrogens with one attached hydrogen (secondary N) is 2. The standard InChI is InChI=1S/C44H61N5O11/c1-11-33-44(8)37(48-42(55)60-44)26(4)34(50)24(2)22-43(7,59-41(54)47-18-12-13-29-14-16-30(17-15-29)31-23-45-19-20-46-31)38(27(5)35(51)28(6)39(53)57-33)58-40-36(52)32(49(9)10)21-25(3)56-40/h12-17,19-20,23-28,32-33,36-38,40,52H,11,18,21-22H2,1-10H3,(H,47,54)(H,48,55)/b13-12+/t24-,25-,26+,27+,28-,32+,33-,36-,37+,38-,40+,43-,44-/m1/s1. The van der Waals surface area contributed by atoms with Crippen LogP contribution in [0.2, 0.25) is 0 Å². The SMILES string of the molecule is CC[C@H]1OC(=O)[C@H](C)C(=O)[C@H](C)[C@@H](O[C@@H]2O[C@H](C)C[C@H](N(C)C)[C@H]2O)[C@](C)(OC(=O)NC/C=C/c2ccc(-c3cnccn3)cc2)C[C@@H](C)C(=O)[C@H](C)[C@@H]2NC(=O)O[C@]12C. The Balaban J connectivity index is 1.48. The number of alkyl carbamates (subject to hydrolysis) is 2. The highest BCUT2D eigenvalue weighted by molar-refractivity contribution is 6.00. The number of Topliss-reactive ketones (excluding diaryl/α,β-unsaturated/α-hetero) is 2. The van der Waals surface area contributed by atoms with E-state index in [1.165, 1.54) is 6.92 Å². The van der Waals surface area contributed by atoms with Crippen LogP contribution in [0.5, 0.6) is 0 Å². The molecule has 0 unspecified atom stereocenters. The van der Waals surface area contributed by atoms with E-state index in [-0.39, 0.29) is 37.3 Å². The van der Waals surface area contributed by atoms with E-state index in [1.807, 2.05) is 56.3 Å². The zero-order valence-corrected chi connectivity index (χ0v) is 36.2. The van der Waals surface area contributed by atoms with Gasteiger partial charge in [0.1, 0.15) is 35.6 Å². The Morgan fingerprint density at radius 3 is 2.37 bits per heavy atom. The van der Waals surface area contributed by atoms with E-state index >= 15 is 0 Å². The Bertz CT molecular complexity index is 1880. The van der Waals surface area contributed by atoms with Gasteiger partial charge in [0.2, 0.25) is 0 Å². The maximum Gasteiger partial charge on any atom is 0.408 e. The van der Waals surface area contributed by atoms with Crippen molar-refractivity contribution in [2.24, 2.45) is 23.7 Å². The summed E-state index contributed by atoms with van der Waals surface area (Å²) in [6.45, 7) is 13.1. The summed E-state index contributed by atoms with van der Waals surface area (Å²) in [6.07, 6.45) is 2.24. The summed E-state index contributed by atoms with van der Waals surface area (Å²) in [4.78, 5) is 79.5. The van der Waals surface area contributed by atoms with Crippen LogP contribution in [0.25, 0.3) is 17.3 Å². The molecule has 3 fully saturated rings. The molecule has 1 aromatic heterocycles. The molecule has 0 spiro atoms. The van der Waals surface area contributed by atoms with Crippen LogP contribution in [0.15, 0.2) is 48.9 Å². The first-order chi connectivity index (χ1) is 28.3. The second kappa shape index (κ2) is 19.3. The van der Waals surface area contributed by atoms with Gasteiger partial charge < -0.3 is 44.3 Å². The molecule has 0 aliphatic carbocycles. The molecule has 3 aliphatic rings. The minimum Gasteiger partial charge on any atom is -0.458 e. The van der Waals surface area contributed by atoms with Gasteiger partial charge in [-0.1, -0.05) is 64.1 Å². The van der Waals surface area contributed by atoms with Gasteiger partial charge in [0, 0.05) is 48.3 Å². The van der Waals surface area contributed by atoms with Gasteiger partial charge in [0.15, 0.2) is 17.7 Å². The van der Waals surface area contributed by atoms with Crippen molar-refractivity contribution in [3.05, 3.63) is 54.5 Å². The summed E-state index contributed by atoms with van der Waals surface area (Å²) in [7, 11) is 3.65. The fraction of sp³-hybridized carbons (Fsp3) is 0.614. The maximum absolute atomic E-state index is 14.4. The number of likely N-dealkylation sites (N-methyl/N-ethyl adjacent to an activating group) is 1. The number of ether oxygens (including phenoxy) is 5. The van der Waals surface area contributed by atoms with Gasteiger partial charge in [-0.15, -0.1) is 0 Å². The first kappa shape index (κ1) is 46.3. The molecule has 0 saturated carbocycles. The van der Waals surface area contributed by atoms with Crippen molar-refractivity contribution >= 4 is 35.8 Å². The Kier molecular flexibility index (Phi) is 14.9. The monoisotopic (exact) mass is 835 g/mol. The number of carbonyl (C=O) groups is 5. The normalized spacial score (nSPS) is 35.6. The number of benzene rings is 1. The van der Waals surface area contributed by atoms with E-state index in [1.54, 1.807) is 66.2 Å². The highest BCUT2D eigenvalue weighted by Gasteiger charge is 2.57. The molecule has 16 heteroatoms. The van der Waals surface area contributed by atoms with E-state index in [0.29, 0.717) is 6.42 Å². The van der Waals surface area contributed by atoms with Crippen LogP contribution >= 0.6 is 0 Å². The Morgan fingerprint density at radius 1 is 1.03 bits per heavy atom. The second-order valence-corrected chi connectivity index (χ2v) is 17.1. The average molecular weight is 836 g/mol. The number of hydrogen-bond acceptors (Lipinski definition) is 14. The molecule has 2 amide bonds. The Hall–Kier alpha value is -4.77. The third-order valence-corrected chi connectivity index (χ3v) is 12.2. The van der Waals surface area contributed by atoms with Crippen LogP contribution in [0, 0.1) is 23.7 Å².